The van der Waals surface area contributed by atoms with Crippen molar-refractivity contribution in [2.45, 2.75) is 185 Å². The number of aliphatic hydroxyl groups is 5. The molecule has 0 saturated carbocycles. The van der Waals surface area contributed by atoms with E-state index in [1.165, 1.54) is 21.1 Å². The molecule has 0 aromatic rings. The SMILES string of the molecule is CC[C@H]1OC(=O)[C@H](C)[C@@H](O[C@H]2C[C@@](C)(OC)[C@@H](O)[C@H](C)O2)[C@H](C)[C@@H](O[C@@H]2O[C@H](C)C[C@H](N(C)C)[C@H]2O)[C@](C)(OC)C[C@@H](C)C(=O)C(C)(O)[C@@H](O)[C@]1(C)O. The molecule has 3 aliphatic heterocycles. The van der Waals surface area contributed by atoms with Crippen LogP contribution in [0, 0.1) is 17.8 Å². The molecule has 0 bridgehead atoms. The Hall–Kier alpha value is -1.34. The van der Waals surface area contributed by atoms with Gasteiger partial charge < -0.3 is 63.6 Å². The highest BCUT2D eigenvalue weighted by molar-refractivity contribution is 5.89. The smallest absolute Gasteiger partial charge is 0.311 e. The molecule has 0 radical (unpaired) electrons. The molecule has 3 rings (SSSR count). The van der Waals surface area contributed by atoms with E-state index in [1.807, 2.05) is 25.9 Å². The molecule has 0 aromatic heterocycles. The lowest BCUT2D eigenvalue weighted by Gasteiger charge is -2.50. The van der Waals surface area contributed by atoms with E-state index in [4.69, 9.17) is 33.2 Å². The molecule has 3 saturated heterocycles. The summed E-state index contributed by atoms with van der Waals surface area (Å²) in [5.41, 5.74) is -7.15. The fourth-order valence-electron chi connectivity index (χ4n) is 8.65. The number of esters is 1. The number of methoxy groups -OCH3 is 2. The van der Waals surface area contributed by atoms with Gasteiger partial charge in [-0.05, 0) is 81.8 Å². The number of nitrogens with zero attached hydrogens (tertiary/aromatic N) is 1. The second-order valence-corrected chi connectivity index (χ2v) is 16.9. The van der Waals surface area contributed by atoms with Crippen molar-refractivity contribution in [1.29, 1.82) is 0 Å². The maximum absolute atomic E-state index is 14.2. The number of ketones is 1. The monoisotopic (exact) mass is 763 g/mol. The highest BCUT2D eigenvalue weighted by Crippen LogP contribution is 2.42. The lowest BCUT2D eigenvalue weighted by atomic mass is 9.72. The summed E-state index contributed by atoms with van der Waals surface area (Å²) in [6, 6.07) is -0.321. The van der Waals surface area contributed by atoms with Gasteiger partial charge in [-0.3, -0.25) is 9.59 Å². The summed E-state index contributed by atoms with van der Waals surface area (Å²) in [5, 5.41) is 57.1. The Bertz CT molecular complexity index is 1230. The van der Waals surface area contributed by atoms with Gasteiger partial charge in [0.1, 0.15) is 35.6 Å². The highest BCUT2D eigenvalue weighted by atomic mass is 16.7. The van der Waals surface area contributed by atoms with Gasteiger partial charge >= 0.3 is 5.97 Å². The standard InChI is InChI=1S/C38H69NO14/c1-15-25-37(9,45)34(44)38(10,46)29(41)19(2)17-36(8,48-14)31(53-33-27(40)24(39(11)12)16-20(3)49-33)21(4)28(22(5)32(43)51-25)52-26-18-35(7,47-13)30(42)23(6)50-26/h19-28,30-31,33-34,40,42,44-46H,15-18H2,1-14H3/t19-,20-,21+,22-,23+,24+,25-,26+,27-,28+,30+,31-,33+,34+,35-,36-,37-,38?/m1/s1. The van der Waals surface area contributed by atoms with Crippen LogP contribution in [0.25, 0.3) is 0 Å². The maximum atomic E-state index is 14.2. The Kier molecular flexibility index (Phi) is 15.1. The molecule has 18 atom stereocenters. The molecule has 3 fully saturated rings. The van der Waals surface area contributed by atoms with Crippen molar-refractivity contribution < 1.29 is 68.3 Å². The van der Waals surface area contributed by atoms with Gasteiger partial charge in [0.25, 0.3) is 0 Å². The lowest BCUT2D eigenvalue weighted by Crippen LogP contribution is -2.65. The lowest BCUT2D eigenvalue weighted by molar-refractivity contribution is -0.319. The van der Waals surface area contributed by atoms with Crippen molar-refractivity contribution in [3.8, 4) is 0 Å². The van der Waals surface area contributed by atoms with Crippen LogP contribution in [0.4, 0.5) is 0 Å². The number of aliphatic hydroxyl groups excluding tert-OH is 3. The molecule has 0 amide bonds. The first-order valence-corrected chi connectivity index (χ1v) is 18.9. The molecule has 0 aliphatic carbocycles. The summed E-state index contributed by atoms with van der Waals surface area (Å²) in [6.07, 6.45) is -10.1. The molecule has 15 nitrogen and oxygen atoms in total. The van der Waals surface area contributed by atoms with Gasteiger partial charge in [0.05, 0.1) is 41.5 Å². The van der Waals surface area contributed by atoms with Crippen molar-refractivity contribution in [3.63, 3.8) is 0 Å². The molecular formula is C38H69NO14. The van der Waals surface area contributed by atoms with Crippen molar-refractivity contribution >= 4 is 11.8 Å². The van der Waals surface area contributed by atoms with Gasteiger partial charge in [0, 0.05) is 38.5 Å². The number of Topliss-reactive ketones (excluding diaryl/α,β-unsaturated/α-hetero) is 1. The second kappa shape index (κ2) is 17.4. The molecule has 0 aromatic carbocycles. The molecule has 1 unspecified atom stereocenters. The van der Waals surface area contributed by atoms with Gasteiger partial charge in [-0.15, -0.1) is 0 Å². The topological polar surface area (TPSA) is 203 Å². The quantitative estimate of drug-likeness (QED) is 0.223. The van der Waals surface area contributed by atoms with Gasteiger partial charge in [-0.25, -0.2) is 0 Å². The second-order valence-electron chi connectivity index (χ2n) is 16.9. The number of cyclic esters (lactones) is 1. The van der Waals surface area contributed by atoms with E-state index in [0.29, 0.717) is 6.42 Å². The maximum Gasteiger partial charge on any atom is 0.311 e. The van der Waals surface area contributed by atoms with Crippen LogP contribution in [0.3, 0.4) is 0 Å². The minimum absolute atomic E-state index is 0.0341. The van der Waals surface area contributed by atoms with Crippen LogP contribution in [-0.2, 0) is 42.7 Å². The number of likely N-dealkylation sites (N-methyl/N-ethyl adjacent to an activating group) is 1. The third-order valence-electron chi connectivity index (χ3n) is 12.3. The van der Waals surface area contributed by atoms with Crippen molar-refractivity contribution in [2.24, 2.45) is 17.8 Å². The van der Waals surface area contributed by atoms with Crippen LogP contribution in [0.1, 0.15) is 94.9 Å². The Morgan fingerprint density at radius 3 is 1.98 bits per heavy atom. The fourth-order valence-corrected chi connectivity index (χ4v) is 8.65. The molecule has 5 N–H and O–H groups in total. The highest BCUT2D eigenvalue weighted by Gasteiger charge is 2.57. The van der Waals surface area contributed by atoms with Crippen LogP contribution in [0.2, 0.25) is 0 Å². The first-order valence-electron chi connectivity index (χ1n) is 18.9. The number of hydrogen-bond donors (Lipinski definition) is 5. The summed E-state index contributed by atoms with van der Waals surface area (Å²) >= 11 is 0. The van der Waals surface area contributed by atoms with E-state index in [1.54, 1.807) is 48.5 Å². The summed E-state index contributed by atoms with van der Waals surface area (Å²) in [6.45, 7) is 16.0. The Balaban J connectivity index is 2.25. The number of carbonyl (C=O) groups is 2. The zero-order valence-electron chi connectivity index (χ0n) is 34.3. The van der Waals surface area contributed by atoms with E-state index in [0.717, 1.165) is 6.92 Å². The van der Waals surface area contributed by atoms with Crippen LogP contribution >= 0.6 is 0 Å². The average Bonchev–Trinajstić information content (AvgIpc) is 3.09. The molecule has 53 heavy (non-hydrogen) atoms. The van der Waals surface area contributed by atoms with Crippen molar-refractivity contribution in [2.75, 3.05) is 28.3 Å². The van der Waals surface area contributed by atoms with Crippen LogP contribution in [-0.4, -0.2) is 160 Å². The zero-order chi connectivity index (χ0) is 40.6. The molecule has 3 heterocycles. The van der Waals surface area contributed by atoms with Crippen molar-refractivity contribution in [3.05, 3.63) is 0 Å². The van der Waals surface area contributed by atoms with Gasteiger partial charge in [0.2, 0.25) is 0 Å². The Labute approximate surface area is 315 Å². The zero-order valence-corrected chi connectivity index (χ0v) is 34.3. The average molecular weight is 764 g/mol. The van der Waals surface area contributed by atoms with E-state index in [-0.39, 0.29) is 31.4 Å². The van der Waals surface area contributed by atoms with Crippen LogP contribution in [0.15, 0.2) is 0 Å². The summed E-state index contributed by atoms with van der Waals surface area (Å²) in [7, 11) is 6.64. The number of hydrogen-bond acceptors (Lipinski definition) is 15. The van der Waals surface area contributed by atoms with Crippen LogP contribution < -0.4 is 0 Å². The molecular weight excluding hydrogens is 694 g/mol. The van der Waals surface area contributed by atoms with Crippen molar-refractivity contribution in [1.82, 2.24) is 4.90 Å². The third-order valence-corrected chi connectivity index (χ3v) is 12.3. The minimum atomic E-state index is -2.47. The first kappa shape index (κ1) is 46.0. The molecule has 3 aliphatic rings. The minimum Gasteiger partial charge on any atom is -0.459 e. The Morgan fingerprint density at radius 2 is 1.45 bits per heavy atom. The molecule has 15 heteroatoms. The van der Waals surface area contributed by atoms with Gasteiger partial charge in [-0.2, -0.15) is 0 Å². The largest absolute Gasteiger partial charge is 0.459 e. The predicted molar refractivity (Wildman–Crippen MR) is 193 cm³/mol. The number of ether oxygens (including phenoxy) is 7. The van der Waals surface area contributed by atoms with Gasteiger partial charge in [-0.1, -0.05) is 20.8 Å². The fraction of sp³-hybridized carbons (Fsp3) is 0.947. The molecule has 0 spiro atoms. The normalized spacial score (nSPS) is 49.7. The van der Waals surface area contributed by atoms with Gasteiger partial charge in [0.15, 0.2) is 18.4 Å². The Morgan fingerprint density at radius 1 is 0.868 bits per heavy atom. The number of carbonyl (C=O) groups excluding carboxylic acids is 2. The molecule has 310 valence electrons. The van der Waals surface area contributed by atoms with Crippen LogP contribution in [0.5, 0.6) is 0 Å². The van der Waals surface area contributed by atoms with E-state index in [2.05, 4.69) is 0 Å². The van der Waals surface area contributed by atoms with E-state index in [9.17, 15) is 35.1 Å². The summed E-state index contributed by atoms with van der Waals surface area (Å²) < 4.78 is 43.6. The first-order chi connectivity index (χ1) is 24.3. The summed E-state index contributed by atoms with van der Waals surface area (Å²) in [4.78, 5) is 30.1. The predicted octanol–water partition coefficient (Wildman–Crippen LogP) is 1.55. The summed E-state index contributed by atoms with van der Waals surface area (Å²) in [5.74, 6) is -4.42. The van der Waals surface area contributed by atoms with E-state index >= 15 is 0 Å². The number of rotatable bonds is 8. The van der Waals surface area contributed by atoms with E-state index < -0.39 is 107 Å². The third kappa shape index (κ3) is 9.45.